The molecule has 0 unspecified atom stereocenters. The zero-order valence-electron chi connectivity index (χ0n) is 11.7. The largest absolute Gasteiger partial charge is 0.320 e. The number of benzene rings is 1. The summed E-state index contributed by atoms with van der Waals surface area (Å²) in [6.45, 7) is 2.10. The van der Waals surface area contributed by atoms with Crippen molar-refractivity contribution in [2.45, 2.75) is 13.1 Å². The van der Waals surface area contributed by atoms with Crippen LogP contribution in [0.25, 0.3) is 0 Å². The third-order valence-corrected chi connectivity index (χ3v) is 2.87. The predicted octanol–water partition coefficient (Wildman–Crippen LogP) is 2.02. The van der Waals surface area contributed by atoms with E-state index in [0.29, 0.717) is 6.54 Å². The van der Waals surface area contributed by atoms with E-state index in [1.807, 2.05) is 36.5 Å². The van der Waals surface area contributed by atoms with Gasteiger partial charge in [-0.15, -0.1) is 0 Å². The summed E-state index contributed by atoms with van der Waals surface area (Å²) in [5.74, 6) is 5.94. The molecule has 0 atom stereocenters. The van der Waals surface area contributed by atoms with Crippen LogP contribution < -0.4 is 5.73 Å². The molecule has 0 saturated carbocycles. The number of nitrogens with zero attached hydrogens (tertiary/aromatic N) is 2. The Morgan fingerprint density at radius 1 is 1.15 bits per heavy atom. The van der Waals surface area contributed by atoms with Gasteiger partial charge >= 0.3 is 0 Å². The molecule has 0 saturated heterocycles. The Morgan fingerprint density at radius 3 is 2.80 bits per heavy atom. The Kier molecular flexibility index (Phi) is 5.31. The molecule has 0 aliphatic heterocycles. The van der Waals surface area contributed by atoms with Gasteiger partial charge in [-0.3, -0.25) is 9.88 Å². The highest BCUT2D eigenvalue weighted by atomic mass is 15.1. The zero-order chi connectivity index (χ0) is 14.2. The van der Waals surface area contributed by atoms with Crippen molar-refractivity contribution in [1.29, 1.82) is 0 Å². The molecule has 3 nitrogen and oxygen atoms in total. The fraction of sp³-hybridized carbons (Fsp3) is 0.235. The van der Waals surface area contributed by atoms with Crippen LogP contribution in [0.4, 0.5) is 0 Å². The molecule has 0 aliphatic carbocycles. The molecule has 20 heavy (non-hydrogen) atoms. The zero-order valence-corrected chi connectivity index (χ0v) is 11.7. The number of hydrogen-bond donors (Lipinski definition) is 1. The van der Waals surface area contributed by atoms with Gasteiger partial charge in [-0.05, 0) is 36.9 Å². The molecule has 0 bridgehead atoms. The van der Waals surface area contributed by atoms with Crippen molar-refractivity contribution in [2.75, 3.05) is 13.6 Å². The van der Waals surface area contributed by atoms with E-state index in [-0.39, 0.29) is 0 Å². The highest BCUT2D eigenvalue weighted by Crippen LogP contribution is 2.08. The lowest BCUT2D eigenvalue weighted by Crippen LogP contribution is -2.17. The Bertz CT molecular complexity index is 596. The average Bonchev–Trinajstić information content (AvgIpc) is 2.46. The third kappa shape index (κ3) is 4.51. The summed E-state index contributed by atoms with van der Waals surface area (Å²) in [5, 5.41) is 0. The van der Waals surface area contributed by atoms with Gasteiger partial charge in [-0.1, -0.05) is 30.0 Å². The molecular weight excluding hydrogens is 246 g/mol. The number of rotatable bonds is 4. The van der Waals surface area contributed by atoms with Gasteiger partial charge in [0.25, 0.3) is 0 Å². The second kappa shape index (κ2) is 7.44. The first kappa shape index (κ1) is 14.3. The Morgan fingerprint density at radius 2 is 2.05 bits per heavy atom. The lowest BCUT2D eigenvalue weighted by atomic mass is 10.1. The van der Waals surface area contributed by atoms with Crippen LogP contribution in [0.5, 0.6) is 0 Å². The molecule has 0 amide bonds. The standard InChI is InChI=1S/C17H19N3/c1-20(14-17-9-2-3-11-19-17)13-16-7-4-6-15(12-16)8-5-10-18/h2-4,6-7,9,11-12H,10,13-14,18H2,1H3. The van der Waals surface area contributed by atoms with Gasteiger partial charge in [0.05, 0.1) is 12.2 Å². The van der Waals surface area contributed by atoms with Gasteiger partial charge in [0.15, 0.2) is 0 Å². The van der Waals surface area contributed by atoms with Crippen LogP contribution in [0.3, 0.4) is 0 Å². The maximum Gasteiger partial charge on any atom is 0.0555 e. The Labute approximate surface area is 120 Å². The van der Waals surface area contributed by atoms with Crippen LogP contribution in [0.15, 0.2) is 48.7 Å². The Hall–Kier alpha value is -2.15. The van der Waals surface area contributed by atoms with Gasteiger partial charge < -0.3 is 5.73 Å². The van der Waals surface area contributed by atoms with E-state index in [9.17, 15) is 0 Å². The average molecular weight is 265 g/mol. The molecular formula is C17H19N3. The van der Waals surface area contributed by atoms with Crippen LogP contribution in [-0.4, -0.2) is 23.5 Å². The van der Waals surface area contributed by atoms with Crippen molar-refractivity contribution in [2.24, 2.45) is 5.73 Å². The molecule has 1 heterocycles. The maximum atomic E-state index is 5.39. The van der Waals surface area contributed by atoms with E-state index in [1.54, 1.807) is 0 Å². The summed E-state index contributed by atoms with van der Waals surface area (Å²) < 4.78 is 0. The summed E-state index contributed by atoms with van der Waals surface area (Å²) in [6.07, 6.45) is 1.83. The number of nitrogens with two attached hydrogens (primary N) is 1. The summed E-state index contributed by atoms with van der Waals surface area (Å²) in [5.41, 5.74) is 8.73. The summed E-state index contributed by atoms with van der Waals surface area (Å²) >= 11 is 0. The topological polar surface area (TPSA) is 42.1 Å². The molecule has 102 valence electrons. The quantitative estimate of drug-likeness (QED) is 0.860. The highest BCUT2D eigenvalue weighted by Gasteiger charge is 2.02. The minimum atomic E-state index is 0.393. The maximum absolute atomic E-state index is 5.39. The fourth-order valence-corrected chi connectivity index (χ4v) is 2.04. The van der Waals surface area contributed by atoms with Crippen molar-refractivity contribution in [1.82, 2.24) is 9.88 Å². The van der Waals surface area contributed by atoms with Crippen LogP contribution >= 0.6 is 0 Å². The van der Waals surface area contributed by atoms with E-state index in [1.165, 1.54) is 5.56 Å². The molecule has 1 aromatic carbocycles. The molecule has 0 aliphatic rings. The van der Waals surface area contributed by atoms with Crippen molar-refractivity contribution in [3.63, 3.8) is 0 Å². The van der Waals surface area contributed by atoms with Crippen molar-refractivity contribution in [3.8, 4) is 11.8 Å². The molecule has 2 rings (SSSR count). The molecule has 0 spiro atoms. The van der Waals surface area contributed by atoms with Crippen LogP contribution in [0, 0.1) is 11.8 Å². The van der Waals surface area contributed by atoms with E-state index in [0.717, 1.165) is 24.3 Å². The van der Waals surface area contributed by atoms with Crippen LogP contribution in [-0.2, 0) is 13.1 Å². The van der Waals surface area contributed by atoms with Crippen molar-refractivity contribution < 1.29 is 0 Å². The minimum Gasteiger partial charge on any atom is -0.320 e. The smallest absolute Gasteiger partial charge is 0.0555 e. The summed E-state index contributed by atoms with van der Waals surface area (Å²) in [6, 6.07) is 14.2. The number of hydrogen-bond acceptors (Lipinski definition) is 3. The Balaban J connectivity index is 1.99. The van der Waals surface area contributed by atoms with Crippen LogP contribution in [0.2, 0.25) is 0 Å². The molecule has 0 radical (unpaired) electrons. The van der Waals surface area contributed by atoms with Crippen molar-refractivity contribution in [3.05, 3.63) is 65.5 Å². The number of pyridine rings is 1. The lowest BCUT2D eigenvalue weighted by molar-refractivity contribution is 0.315. The second-order valence-electron chi connectivity index (χ2n) is 4.70. The third-order valence-electron chi connectivity index (χ3n) is 2.87. The molecule has 2 aromatic rings. The van der Waals surface area contributed by atoms with E-state index in [2.05, 4.69) is 40.9 Å². The first-order valence-corrected chi connectivity index (χ1v) is 6.64. The highest BCUT2D eigenvalue weighted by molar-refractivity contribution is 5.37. The minimum absolute atomic E-state index is 0.393. The predicted molar refractivity (Wildman–Crippen MR) is 81.8 cm³/mol. The van der Waals surface area contributed by atoms with Gasteiger partial charge in [0.1, 0.15) is 0 Å². The molecule has 2 N–H and O–H groups in total. The fourth-order valence-electron chi connectivity index (χ4n) is 2.04. The van der Waals surface area contributed by atoms with E-state index >= 15 is 0 Å². The van der Waals surface area contributed by atoms with E-state index in [4.69, 9.17) is 5.73 Å². The van der Waals surface area contributed by atoms with Crippen LogP contribution in [0.1, 0.15) is 16.8 Å². The number of aromatic nitrogens is 1. The van der Waals surface area contributed by atoms with Gasteiger partial charge in [0, 0.05) is 24.8 Å². The monoisotopic (exact) mass is 265 g/mol. The van der Waals surface area contributed by atoms with Gasteiger partial charge in [-0.25, -0.2) is 0 Å². The second-order valence-corrected chi connectivity index (χ2v) is 4.70. The normalized spacial score (nSPS) is 10.2. The molecule has 3 heteroatoms. The first-order valence-electron chi connectivity index (χ1n) is 6.64. The molecule has 0 fully saturated rings. The van der Waals surface area contributed by atoms with E-state index < -0.39 is 0 Å². The van der Waals surface area contributed by atoms with Gasteiger partial charge in [-0.2, -0.15) is 0 Å². The summed E-state index contributed by atoms with van der Waals surface area (Å²) in [7, 11) is 2.09. The van der Waals surface area contributed by atoms with Crippen molar-refractivity contribution >= 4 is 0 Å². The summed E-state index contributed by atoms with van der Waals surface area (Å²) in [4.78, 5) is 6.57. The van der Waals surface area contributed by atoms with Gasteiger partial charge in [0.2, 0.25) is 0 Å². The molecule has 1 aromatic heterocycles. The first-order chi connectivity index (χ1) is 9.78. The lowest BCUT2D eigenvalue weighted by Gasteiger charge is -2.16. The SMILES string of the molecule is CN(Cc1cccc(C#CCN)c1)Cc1ccccn1.